The van der Waals surface area contributed by atoms with Crippen LogP contribution in [0.1, 0.15) is 48.9 Å². The summed E-state index contributed by atoms with van der Waals surface area (Å²) in [6.07, 6.45) is 2.36. The lowest BCUT2D eigenvalue weighted by Crippen LogP contribution is -2.49. The summed E-state index contributed by atoms with van der Waals surface area (Å²) >= 11 is 6.24. The van der Waals surface area contributed by atoms with E-state index in [2.05, 4.69) is 18.3 Å². The van der Waals surface area contributed by atoms with Crippen LogP contribution < -0.4 is 5.32 Å². The summed E-state index contributed by atoms with van der Waals surface area (Å²) in [5, 5.41) is 3.94. The minimum absolute atomic E-state index is 0.0483. The van der Waals surface area contributed by atoms with Crippen molar-refractivity contribution in [1.82, 2.24) is 5.32 Å². The number of fused-ring (bicyclic) bond motifs is 3. The van der Waals surface area contributed by atoms with E-state index in [0.29, 0.717) is 16.3 Å². The second-order valence-corrected chi connectivity index (χ2v) is 9.87. The number of nitrogens with one attached hydrogen (secondary N) is 1. The lowest BCUT2D eigenvalue weighted by Gasteiger charge is -2.40. The van der Waals surface area contributed by atoms with Crippen molar-refractivity contribution in [2.45, 2.75) is 62.6 Å². The Bertz CT molecular complexity index is 955. The maximum atomic E-state index is 13.8. The molecule has 1 aliphatic heterocycles. The van der Waals surface area contributed by atoms with E-state index in [0.717, 1.165) is 30.5 Å². The van der Waals surface area contributed by atoms with Crippen LogP contribution in [-0.4, -0.2) is 21.0 Å². The molecule has 2 aromatic carbocycles. The average Bonchev–Trinajstić information content (AvgIpc) is 3.11. The molecular formula is C22H28ClNO2S. The highest BCUT2D eigenvalue weighted by atomic mass is 35.5. The molecule has 3 nitrogen and oxygen atoms in total. The standard InChI is InChI=1S/C20H22ClNO2S.C2H6/c1-13-3-7-17-15(11-13)5-8-19-20(17,9-10-22-19)25(23,24)16-6-4-14(2)18(21)12-16;1-2/h3-4,6-7,11-12,19,22H,5,8-10H2,1-2H3;1-2H3. The first-order valence-corrected chi connectivity index (χ1v) is 11.6. The zero-order valence-corrected chi connectivity index (χ0v) is 18.0. The van der Waals surface area contributed by atoms with Crippen molar-refractivity contribution in [3.05, 3.63) is 63.7 Å². The van der Waals surface area contributed by atoms with E-state index in [4.69, 9.17) is 11.6 Å². The molecule has 1 fully saturated rings. The van der Waals surface area contributed by atoms with Gasteiger partial charge >= 0.3 is 0 Å². The Kier molecular flexibility index (Phi) is 5.72. The molecule has 2 unspecified atom stereocenters. The SMILES string of the molecule is CC.Cc1ccc2c(c1)CCC1NCCC21S(=O)(=O)c1ccc(C)c(Cl)c1. The Hall–Kier alpha value is -1.36. The molecule has 1 heterocycles. The van der Waals surface area contributed by atoms with Crippen molar-refractivity contribution in [2.24, 2.45) is 0 Å². The van der Waals surface area contributed by atoms with Gasteiger partial charge in [-0.15, -0.1) is 0 Å². The van der Waals surface area contributed by atoms with Gasteiger partial charge in [0.15, 0.2) is 9.84 Å². The van der Waals surface area contributed by atoms with Crippen molar-refractivity contribution in [3.8, 4) is 0 Å². The Morgan fingerprint density at radius 1 is 1.11 bits per heavy atom. The number of rotatable bonds is 2. The molecule has 0 amide bonds. The number of hydrogen-bond donors (Lipinski definition) is 1. The molecule has 2 aliphatic rings. The molecule has 0 saturated carbocycles. The molecule has 0 spiro atoms. The Morgan fingerprint density at radius 2 is 1.85 bits per heavy atom. The van der Waals surface area contributed by atoms with Crippen LogP contribution in [-0.2, 0) is 21.0 Å². The van der Waals surface area contributed by atoms with Crippen LogP contribution in [0.5, 0.6) is 0 Å². The molecule has 27 heavy (non-hydrogen) atoms. The largest absolute Gasteiger partial charge is 0.312 e. The third-order valence-electron chi connectivity index (χ3n) is 5.80. The van der Waals surface area contributed by atoms with Gasteiger partial charge in [0.25, 0.3) is 0 Å². The first-order chi connectivity index (χ1) is 12.9. The second kappa shape index (κ2) is 7.57. The van der Waals surface area contributed by atoms with E-state index in [-0.39, 0.29) is 6.04 Å². The summed E-state index contributed by atoms with van der Waals surface area (Å²) in [5.74, 6) is 0. The molecule has 2 atom stereocenters. The Morgan fingerprint density at radius 3 is 2.56 bits per heavy atom. The van der Waals surface area contributed by atoms with Crippen LogP contribution >= 0.6 is 11.6 Å². The van der Waals surface area contributed by atoms with Crippen LogP contribution in [0.4, 0.5) is 0 Å². The molecule has 5 heteroatoms. The highest BCUT2D eigenvalue weighted by molar-refractivity contribution is 7.92. The quantitative estimate of drug-likeness (QED) is 0.767. The topological polar surface area (TPSA) is 46.2 Å². The molecule has 1 saturated heterocycles. The second-order valence-electron chi connectivity index (χ2n) is 7.26. The van der Waals surface area contributed by atoms with Gasteiger partial charge in [-0.3, -0.25) is 0 Å². The average molecular weight is 406 g/mol. The number of sulfone groups is 1. The van der Waals surface area contributed by atoms with Gasteiger partial charge < -0.3 is 5.32 Å². The summed E-state index contributed by atoms with van der Waals surface area (Å²) in [7, 11) is -3.57. The van der Waals surface area contributed by atoms with Crippen LogP contribution in [0.3, 0.4) is 0 Å². The number of aryl methyl sites for hydroxylation is 3. The summed E-state index contributed by atoms with van der Waals surface area (Å²) in [5.41, 5.74) is 4.20. The normalized spacial score (nSPS) is 23.8. The van der Waals surface area contributed by atoms with Gasteiger partial charge in [0, 0.05) is 11.1 Å². The summed E-state index contributed by atoms with van der Waals surface area (Å²) < 4.78 is 26.7. The van der Waals surface area contributed by atoms with Gasteiger partial charge in [0.05, 0.1) is 4.90 Å². The molecule has 4 rings (SSSR count). The van der Waals surface area contributed by atoms with Crippen molar-refractivity contribution >= 4 is 21.4 Å². The predicted octanol–water partition coefficient (Wildman–Crippen LogP) is 4.96. The van der Waals surface area contributed by atoms with Gasteiger partial charge in [-0.1, -0.05) is 55.3 Å². The smallest absolute Gasteiger partial charge is 0.189 e. The maximum absolute atomic E-state index is 13.8. The Labute approximate surface area is 168 Å². The zero-order chi connectivity index (χ0) is 19.8. The first-order valence-electron chi connectivity index (χ1n) is 9.70. The van der Waals surface area contributed by atoms with Gasteiger partial charge in [0.1, 0.15) is 4.75 Å². The van der Waals surface area contributed by atoms with Gasteiger partial charge in [0.2, 0.25) is 0 Å². The molecular weight excluding hydrogens is 378 g/mol. The molecule has 0 bridgehead atoms. The first kappa shape index (κ1) is 20.4. The van der Waals surface area contributed by atoms with Crippen LogP contribution in [0.15, 0.2) is 41.3 Å². The molecule has 0 radical (unpaired) electrons. The molecule has 2 aromatic rings. The molecule has 146 valence electrons. The van der Waals surface area contributed by atoms with E-state index >= 15 is 0 Å². The summed E-state index contributed by atoms with van der Waals surface area (Å²) in [6.45, 7) is 8.66. The van der Waals surface area contributed by atoms with Gasteiger partial charge in [-0.05, 0) is 68.5 Å². The van der Waals surface area contributed by atoms with Crippen molar-refractivity contribution < 1.29 is 8.42 Å². The van der Waals surface area contributed by atoms with E-state index in [1.165, 1.54) is 11.1 Å². The fraction of sp³-hybridized carbons (Fsp3) is 0.455. The predicted molar refractivity (Wildman–Crippen MR) is 112 cm³/mol. The minimum atomic E-state index is -3.57. The maximum Gasteiger partial charge on any atom is 0.189 e. The summed E-state index contributed by atoms with van der Waals surface area (Å²) in [6, 6.07) is 11.2. The molecule has 0 aromatic heterocycles. The monoisotopic (exact) mass is 405 g/mol. The lowest BCUT2D eigenvalue weighted by molar-refractivity contribution is 0.416. The van der Waals surface area contributed by atoms with E-state index in [1.807, 2.05) is 32.9 Å². The molecule has 1 aliphatic carbocycles. The number of halogens is 1. The zero-order valence-electron chi connectivity index (χ0n) is 16.5. The van der Waals surface area contributed by atoms with Crippen LogP contribution in [0.2, 0.25) is 5.02 Å². The fourth-order valence-corrected chi connectivity index (χ4v) is 7.11. The molecule has 1 N–H and O–H groups in total. The number of hydrogen-bond acceptors (Lipinski definition) is 3. The van der Waals surface area contributed by atoms with Gasteiger partial charge in [-0.25, -0.2) is 8.42 Å². The van der Waals surface area contributed by atoms with Crippen LogP contribution in [0, 0.1) is 13.8 Å². The van der Waals surface area contributed by atoms with Crippen molar-refractivity contribution in [3.63, 3.8) is 0 Å². The highest BCUT2D eigenvalue weighted by Crippen LogP contribution is 2.49. The fourth-order valence-electron chi connectivity index (χ4n) is 4.49. The van der Waals surface area contributed by atoms with E-state index < -0.39 is 14.6 Å². The van der Waals surface area contributed by atoms with Gasteiger partial charge in [-0.2, -0.15) is 0 Å². The minimum Gasteiger partial charge on any atom is -0.312 e. The Balaban J connectivity index is 0.00000102. The third-order valence-corrected chi connectivity index (χ3v) is 8.75. The number of benzene rings is 2. The van der Waals surface area contributed by atoms with E-state index in [9.17, 15) is 8.42 Å². The summed E-state index contributed by atoms with van der Waals surface area (Å²) in [4.78, 5) is 0.324. The third kappa shape index (κ3) is 3.12. The lowest BCUT2D eigenvalue weighted by atomic mass is 9.78. The van der Waals surface area contributed by atoms with E-state index in [1.54, 1.807) is 18.2 Å². The van der Waals surface area contributed by atoms with Crippen LogP contribution in [0.25, 0.3) is 0 Å². The van der Waals surface area contributed by atoms with Crippen molar-refractivity contribution in [1.29, 1.82) is 0 Å². The van der Waals surface area contributed by atoms with Crippen molar-refractivity contribution in [2.75, 3.05) is 6.54 Å². The highest BCUT2D eigenvalue weighted by Gasteiger charge is 2.56.